The molecule has 1 atom stereocenters. The van der Waals surface area contributed by atoms with Crippen LogP contribution in [-0.4, -0.2) is 17.4 Å². The summed E-state index contributed by atoms with van der Waals surface area (Å²) in [6.07, 6.45) is 2.16. The summed E-state index contributed by atoms with van der Waals surface area (Å²) < 4.78 is 0. The highest BCUT2D eigenvalue weighted by Gasteiger charge is 2.30. The van der Waals surface area contributed by atoms with Crippen molar-refractivity contribution in [3.05, 3.63) is 58.3 Å². The highest BCUT2D eigenvalue weighted by atomic mass is 32.1. The van der Waals surface area contributed by atoms with Crippen molar-refractivity contribution in [1.82, 2.24) is 4.90 Å². The van der Waals surface area contributed by atoms with Crippen LogP contribution >= 0.6 is 11.3 Å². The van der Waals surface area contributed by atoms with Gasteiger partial charge >= 0.3 is 0 Å². The molecule has 0 bridgehead atoms. The van der Waals surface area contributed by atoms with Crippen molar-refractivity contribution in [3.63, 3.8) is 0 Å². The van der Waals surface area contributed by atoms with Gasteiger partial charge in [0, 0.05) is 11.9 Å². The number of amides is 1. The topological polar surface area (TPSA) is 20.3 Å². The van der Waals surface area contributed by atoms with Crippen LogP contribution in [0.2, 0.25) is 0 Å². The smallest absolute Gasteiger partial charge is 0.255 e. The minimum Gasteiger partial charge on any atom is -0.332 e. The normalized spacial score (nSPS) is 19.1. The minimum absolute atomic E-state index is 0.169. The molecule has 1 saturated heterocycles. The van der Waals surface area contributed by atoms with Crippen LogP contribution in [0.4, 0.5) is 0 Å². The maximum absolute atomic E-state index is 12.4. The molecule has 92 valence electrons. The van der Waals surface area contributed by atoms with E-state index in [9.17, 15) is 4.79 Å². The molecule has 3 rings (SSSR count). The molecule has 1 unspecified atom stereocenters. The van der Waals surface area contributed by atoms with E-state index < -0.39 is 0 Å². The molecule has 18 heavy (non-hydrogen) atoms. The van der Waals surface area contributed by atoms with Gasteiger partial charge in [0.15, 0.2) is 0 Å². The van der Waals surface area contributed by atoms with Crippen LogP contribution < -0.4 is 0 Å². The monoisotopic (exact) mass is 257 g/mol. The number of nitrogens with zero attached hydrogens (tertiary/aromatic N) is 1. The second-order valence-corrected chi connectivity index (χ2v) is 5.36. The first-order valence-corrected chi connectivity index (χ1v) is 7.18. The van der Waals surface area contributed by atoms with E-state index in [4.69, 9.17) is 0 Å². The summed E-state index contributed by atoms with van der Waals surface area (Å²) in [6.45, 7) is 0.869. The highest BCUT2D eigenvalue weighted by Crippen LogP contribution is 2.33. The summed E-state index contributed by atoms with van der Waals surface area (Å²) in [5.74, 6) is 0.169. The van der Waals surface area contributed by atoms with E-state index in [-0.39, 0.29) is 11.9 Å². The van der Waals surface area contributed by atoms with Gasteiger partial charge in [-0.3, -0.25) is 4.79 Å². The maximum Gasteiger partial charge on any atom is 0.255 e. The molecular formula is C15H15NOS. The predicted octanol–water partition coefficient (Wildman–Crippen LogP) is 3.73. The first-order chi connectivity index (χ1) is 8.86. The van der Waals surface area contributed by atoms with Crippen LogP contribution in [0, 0.1) is 0 Å². The molecule has 0 N–H and O–H groups in total. The number of carbonyl (C=O) groups excluding carboxylic acids is 1. The van der Waals surface area contributed by atoms with Gasteiger partial charge in [-0.2, -0.15) is 11.3 Å². The van der Waals surface area contributed by atoms with Gasteiger partial charge < -0.3 is 4.90 Å². The zero-order valence-electron chi connectivity index (χ0n) is 10.1. The lowest BCUT2D eigenvalue weighted by atomic mass is 10.0. The molecule has 2 aromatic rings. The Morgan fingerprint density at radius 2 is 2.06 bits per heavy atom. The number of likely N-dealkylation sites (tertiary alicyclic amines) is 1. The summed E-state index contributed by atoms with van der Waals surface area (Å²) in [5, 5.41) is 3.89. The van der Waals surface area contributed by atoms with E-state index in [1.807, 2.05) is 39.9 Å². The fraction of sp³-hybridized carbons (Fsp3) is 0.267. The van der Waals surface area contributed by atoms with Gasteiger partial charge in [0.05, 0.1) is 11.6 Å². The lowest BCUT2D eigenvalue weighted by Gasteiger charge is -2.24. The predicted molar refractivity (Wildman–Crippen MR) is 73.8 cm³/mol. The van der Waals surface area contributed by atoms with Crippen molar-refractivity contribution in [2.45, 2.75) is 18.9 Å². The second-order valence-electron chi connectivity index (χ2n) is 4.58. The van der Waals surface area contributed by atoms with Gasteiger partial charge in [-0.05, 0) is 29.9 Å². The zero-order valence-corrected chi connectivity index (χ0v) is 10.9. The van der Waals surface area contributed by atoms with Crippen molar-refractivity contribution in [2.24, 2.45) is 0 Å². The Balaban J connectivity index is 1.86. The maximum atomic E-state index is 12.4. The molecule has 1 aliphatic heterocycles. The number of carbonyl (C=O) groups is 1. The number of thiophene rings is 1. The van der Waals surface area contributed by atoms with E-state index >= 15 is 0 Å². The standard InChI is InChI=1S/C15H15NOS/c17-15(13-8-10-18-11-13)16-9-4-7-14(16)12-5-2-1-3-6-12/h1-3,5-6,8,10-11,14H,4,7,9H2. The molecule has 2 heterocycles. The average molecular weight is 257 g/mol. The molecule has 1 aromatic carbocycles. The summed E-state index contributed by atoms with van der Waals surface area (Å²) in [4.78, 5) is 14.4. The third-order valence-corrected chi connectivity index (χ3v) is 4.15. The van der Waals surface area contributed by atoms with Crippen molar-refractivity contribution >= 4 is 17.2 Å². The molecule has 1 aromatic heterocycles. The third-order valence-electron chi connectivity index (χ3n) is 3.47. The molecular weight excluding hydrogens is 242 g/mol. The SMILES string of the molecule is O=C(c1ccsc1)N1CCCC1c1ccccc1. The van der Waals surface area contributed by atoms with Crippen LogP contribution in [0.5, 0.6) is 0 Å². The molecule has 3 heteroatoms. The van der Waals surface area contributed by atoms with E-state index in [0.717, 1.165) is 24.9 Å². The lowest BCUT2D eigenvalue weighted by Crippen LogP contribution is -2.30. The Hall–Kier alpha value is -1.61. The molecule has 0 spiro atoms. The molecule has 0 radical (unpaired) electrons. The van der Waals surface area contributed by atoms with Gasteiger partial charge in [0.25, 0.3) is 5.91 Å². The van der Waals surface area contributed by atoms with Crippen LogP contribution in [0.3, 0.4) is 0 Å². The number of benzene rings is 1. The van der Waals surface area contributed by atoms with Crippen molar-refractivity contribution < 1.29 is 4.79 Å². The van der Waals surface area contributed by atoms with Gasteiger partial charge in [-0.15, -0.1) is 0 Å². The van der Waals surface area contributed by atoms with Crippen molar-refractivity contribution in [1.29, 1.82) is 0 Å². The second kappa shape index (κ2) is 4.94. The van der Waals surface area contributed by atoms with Gasteiger partial charge in [0.1, 0.15) is 0 Å². The Morgan fingerprint density at radius 3 is 2.78 bits per heavy atom. The number of rotatable bonds is 2. The number of hydrogen-bond acceptors (Lipinski definition) is 2. The first kappa shape index (κ1) is 11.5. The van der Waals surface area contributed by atoms with Gasteiger partial charge in [0.2, 0.25) is 0 Å². The molecule has 1 amide bonds. The fourth-order valence-corrected chi connectivity index (χ4v) is 3.21. The Kier molecular flexibility index (Phi) is 3.15. The van der Waals surface area contributed by atoms with E-state index in [0.29, 0.717) is 0 Å². The van der Waals surface area contributed by atoms with Crippen LogP contribution in [0.15, 0.2) is 47.2 Å². The van der Waals surface area contributed by atoms with Crippen LogP contribution in [-0.2, 0) is 0 Å². The Labute approximate surface area is 111 Å². The number of hydrogen-bond donors (Lipinski definition) is 0. The Morgan fingerprint density at radius 1 is 1.22 bits per heavy atom. The van der Waals surface area contributed by atoms with Gasteiger partial charge in [-0.25, -0.2) is 0 Å². The van der Waals surface area contributed by atoms with Crippen LogP contribution in [0.1, 0.15) is 34.8 Å². The van der Waals surface area contributed by atoms with Crippen molar-refractivity contribution in [2.75, 3.05) is 6.54 Å². The van der Waals surface area contributed by atoms with Crippen LogP contribution in [0.25, 0.3) is 0 Å². The van der Waals surface area contributed by atoms with E-state index in [1.54, 1.807) is 11.3 Å². The summed E-state index contributed by atoms with van der Waals surface area (Å²) in [6, 6.07) is 12.5. The lowest BCUT2D eigenvalue weighted by molar-refractivity contribution is 0.0736. The summed E-state index contributed by atoms with van der Waals surface area (Å²) in [7, 11) is 0. The highest BCUT2D eigenvalue weighted by molar-refractivity contribution is 7.08. The summed E-state index contributed by atoms with van der Waals surface area (Å²) in [5.41, 5.74) is 2.07. The minimum atomic E-state index is 0.169. The molecule has 0 saturated carbocycles. The average Bonchev–Trinajstić information content (AvgIpc) is 3.10. The van der Waals surface area contributed by atoms with E-state index in [2.05, 4.69) is 12.1 Å². The molecule has 0 aliphatic carbocycles. The quantitative estimate of drug-likeness (QED) is 0.803. The van der Waals surface area contributed by atoms with Crippen molar-refractivity contribution in [3.8, 4) is 0 Å². The van der Waals surface area contributed by atoms with E-state index in [1.165, 1.54) is 5.56 Å². The zero-order chi connectivity index (χ0) is 12.4. The Bertz CT molecular complexity index is 521. The first-order valence-electron chi connectivity index (χ1n) is 6.24. The largest absolute Gasteiger partial charge is 0.332 e. The molecule has 1 aliphatic rings. The molecule has 1 fully saturated rings. The third kappa shape index (κ3) is 2.06. The molecule has 2 nitrogen and oxygen atoms in total. The summed E-state index contributed by atoms with van der Waals surface area (Å²) >= 11 is 1.58. The fourth-order valence-electron chi connectivity index (χ4n) is 2.58. The van der Waals surface area contributed by atoms with Gasteiger partial charge in [-0.1, -0.05) is 30.3 Å².